The van der Waals surface area contributed by atoms with Gasteiger partial charge in [-0.25, -0.2) is 19.1 Å². The molecule has 0 saturated carbocycles. The summed E-state index contributed by atoms with van der Waals surface area (Å²) in [5.41, 5.74) is 2.67. The van der Waals surface area contributed by atoms with Crippen molar-refractivity contribution < 1.29 is 23.9 Å². The van der Waals surface area contributed by atoms with E-state index in [1.807, 2.05) is 77.4 Å². The normalized spacial score (nSPS) is 17.6. The molecule has 0 aliphatic carbocycles. The van der Waals surface area contributed by atoms with Gasteiger partial charge < -0.3 is 19.7 Å². The monoisotopic (exact) mass is 714 g/mol. The number of nitrogens with one attached hydrogen (secondary N) is 1. The van der Waals surface area contributed by atoms with Crippen LogP contribution in [-0.2, 0) is 16.0 Å². The maximum Gasteiger partial charge on any atom is 0.419 e. The quantitative estimate of drug-likeness (QED) is 0.196. The average molecular weight is 715 g/mol. The van der Waals surface area contributed by atoms with Gasteiger partial charge in [0.2, 0.25) is 0 Å². The predicted molar refractivity (Wildman–Crippen MR) is 202 cm³/mol. The lowest BCUT2D eigenvalue weighted by atomic mass is 10.1. The summed E-state index contributed by atoms with van der Waals surface area (Å²) < 4.78 is 15.0. The third-order valence-electron chi connectivity index (χ3n) is 9.71. The van der Waals surface area contributed by atoms with E-state index in [-0.39, 0.29) is 18.0 Å². The van der Waals surface area contributed by atoms with Gasteiger partial charge in [0.1, 0.15) is 17.0 Å². The van der Waals surface area contributed by atoms with Gasteiger partial charge in [-0.2, -0.15) is 5.10 Å². The molecule has 1 N–H and O–H groups in total. The first-order valence-corrected chi connectivity index (χ1v) is 18.5. The summed E-state index contributed by atoms with van der Waals surface area (Å²) in [6.07, 6.45) is 4.93. The zero-order valence-corrected chi connectivity index (χ0v) is 32.0. The minimum atomic E-state index is -0.666. The number of carbonyl (C=O) groups is 3. The largest absolute Gasteiger partial charge is 0.444 e. The van der Waals surface area contributed by atoms with Gasteiger partial charge in [0.15, 0.2) is 0 Å². The Bertz CT molecular complexity index is 1940. The number of unbranched alkanes of at least 4 members (excludes halogenated alkanes) is 1. The van der Waals surface area contributed by atoms with Crippen LogP contribution in [0.15, 0.2) is 36.5 Å². The molecule has 3 aromatic heterocycles. The van der Waals surface area contributed by atoms with Crippen LogP contribution >= 0.6 is 0 Å². The van der Waals surface area contributed by atoms with E-state index in [0.717, 1.165) is 86.1 Å². The van der Waals surface area contributed by atoms with Crippen LogP contribution in [0.2, 0.25) is 0 Å². The molecule has 2 fully saturated rings. The molecule has 2 amide bonds. The second kappa shape index (κ2) is 14.9. The Balaban J connectivity index is 1.11. The number of amides is 2. The number of piperazine rings is 1. The van der Waals surface area contributed by atoms with Crippen molar-refractivity contribution in [1.82, 2.24) is 34.0 Å². The third kappa shape index (κ3) is 8.58. The molecule has 0 radical (unpaired) electrons. The lowest BCUT2D eigenvalue weighted by Crippen LogP contribution is -2.50. The SMILES string of the molecule is Cc1nn(CCCCN2CCN(C(=O)OC(C)(C)C)CC2)c2cc(C(=O)Nc3cc4c(cn3)cc([C@H]3CCCN3C)n4C(=O)OC(C)(C)C)ccc12. The van der Waals surface area contributed by atoms with Gasteiger partial charge in [0.25, 0.3) is 5.91 Å². The van der Waals surface area contributed by atoms with Gasteiger partial charge in [0.05, 0.1) is 22.8 Å². The molecule has 1 aromatic carbocycles. The van der Waals surface area contributed by atoms with Gasteiger partial charge >= 0.3 is 12.2 Å². The molecule has 13 nitrogen and oxygen atoms in total. The zero-order valence-electron chi connectivity index (χ0n) is 32.0. The Kier molecular flexibility index (Phi) is 10.7. The van der Waals surface area contributed by atoms with Crippen LogP contribution in [0.1, 0.15) is 95.0 Å². The molecule has 0 bridgehead atoms. The highest BCUT2D eigenvalue weighted by molar-refractivity contribution is 6.06. The molecule has 5 heterocycles. The van der Waals surface area contributed by atoms with E-state index in [0.29, 0.717) is 30.0 Å². The molecule has 2 aliphatic rings. The topological polar surface area (TPSA) is 127 Å². The first-order chi connectivity index (χ1) is 24.6. The van der Waals surface area contributed by atoms with E-state index in [1.54, 1.807) is 21.7 Å². The lowest BCUT2D eigenvalue weighted by molar-refractivity contribution is 0.0143. The molecule has 13 heteroatoms. The molecule has 1 atom stereocenters. The summed E-state index contributed by atoms with van der Waals surface area (Å²) in [4.78, 5) is 50.6. The van der Waals surface area contributed by atoms with Crippen LogP contribution in [0.5, 0.6) is 0 Å². The van der Waals surface area contributed by atoms with Gasteiger partial charge in [0, 0.05) is 67.0 Å². The first-order valence-electron chi connectivity index (χ1n) is 18.5. The maximum absolute atomic E-state index is 13.6. The van der Waals surface area contributed by atoms with E-state index >= 15 is 0 Å². The van der Waals surface area contributed by atoms with Crippen molar-refractivity contribution in [3.8, 4) is 0 Å². The number of carbonyl (C=O) groups excluding carboxylic acids is 3. The van der Waals surface area contributed by atoms with E-state index in [1.165, 1.54) is 0 Å². The number of hydrogen-bond donors (Lipinski definition) is 1. The number of benzene rings is 1. The fourth-order valence-electron chi connectivity index (χ4n) is 7.15. The van der Waals surface area contributed by atoms with Crippen LogP contribution in [0.3, 0.4) is 0 Å². The number of fused-ring (bicyclic) bond motifs is 2. The minimum absolute atomic E-state index is 0.0829. The van der Waals surface area contributed by atoms with Crippen LogP contribution in [0.4, 0.5) is 15.4 Å². The summed E-state index contributed by atoms with van der Waals surface area (Å²) >= 11 is 0. The first kappa shape index (κ1) is 37.3. The Hall–Kier alpha value is -4.49. The highest BCUT2D eigenvalue weighted by Crippen LogP contribution is 2.35. The fraction of sp³-hybridized carbons (Fsp3) is 0.564. The Morgan fingerprint density at radius 1 is 0.865 bits per heavy atom. The number of rotatable bonds is 8. The van der Waals surface area contributed by atoms with Gasteiger partial charge in [-0.05, 0) is 112 Å². The summed E-state index contributed by atoms with van der Waals surface area (Å²) in [7, 11) is 2.07. The highest BCUT2D eigenvalue weighted by Gasteiger charge is 2.31. The second-order valence-corrected chi connectivity index (χ2v) is 16.2. The number of pyridine rings is 1. The molecule has 4 aromatic rings. The van der Waals surface area contributed by atoms with Crippen molar-refractivity contribution in [3.05, 3.63) is 53.5 Å². The van der Waals surface area contributed by atoms with Crippen molar-refractivity contribution in [3.63, 3.8) is 0 Å². The van der Waals surface area contributed by atoms with Crippen molar-refractivity contribution >= 4 is 45.7 Å². The van der Waals surface area contributed by atoms with Crippen molar-refractivity contribution in [2.24, 2.45) is 0 Å². The number of likely N-dealkylation sites (tertiary alicyclic amines) is 1. The van der Waals surface area contributed by atoms with E-state index in [4.69, 9.17) is 14.6 Å². The van der Waals surface area contributed by atoms with E-state index in [2.05, 4.69) is 27.1 Å². The van der Waals surface area contributed by atoms with Gasteiger partial charge in [-0.1, -0.05) is 6.07 Å². The fourth-order valence-corrected chi connectivity index (χ4v) is 7.15. The van der Waals surface area contributed by atoms with Gasteiger partial charge in [-0.15, -0.1) is 0 Å². The van der Waals surface area contributed by atoms with Crippen molar-refractivity contribution in [2.45, 2.75) is 97.9 Å². The van der Waals surface area contributed by atoms with Crippen molar-refractivity contribution in [1.29, 1.82) is 0 Å². The number of aryl methyl sites for hydroxylation is 2. The number of aromatic nitrogens is 4. The lowest BCUT2D eigenvalue weighted by Gasteiger charge is -2.35. The molecule has 2 saturated heterocycles. The standard InChI is InChI=1S/C39H54N8O5/c1-26-29-14-13-27(22-32(29)46(42-26)17-10-9-16-44-18-20-45(21-19-44)36(49)51-38(2,3)4)35(48)41-34-24-31-28(25-40-34)23-33(30-12-11-15-43(30)8)47(31)37(50)52-39(5,6)7/h13-14,22-25,30H,9-12,15-21H2,1-8H3,(H,40,41,48)/t30-/m1/s1. The second-order valence-electron chi connectivity index (χ2n) is 16.2. The Labute approximate surface area is 306 Å². The van der Waals surface area contributed by atoms with E-state index in [9.17, 15) is 14.4 Å². The predicted octanol–water partition coefficient (Wildman–Crippen LogP) is 6.83. The number of hydrogen-bond acceptors (Lipinski definition) is 9. The molecule has 0 spiro atoms. The summed E-state index contributed by atoms with van der Waals surface area (Å²) in [6.45, 7) is 18.8. The minimum Gasteiger partial charge on any atom is -0.444 e. The van der Waals surface area contributed by atoms with Crippen LogP contribution < -0.4 is 5.32 Å². The summed E-state index contributed by atoms with van der Waals surface area (Å²) in [6, 6.07) is 9.48. The third-order valence-corrected chi connectivity index (χ3v) is 9.71. The van der Waals surface area contributed by atoms with E-state index < -0.39 is 17.3 Å². The molecule has 0 unspecified atom stereocenters. The summed E-state index contributed by atoms with van der Waals surface area (Å²) in [5.74, 6) is 0.0549. The van der Waals surface area contributed by atoms with Crippen LogP contribution in [0, 0.1) is 6.92 Å². The molecule has 280 valence electrons. The maximum atomic E-state index is 13.6. The summed E-state index contributed by atoms with van der Waals surface area (Å²) in [5, 5.41) is 9.57. The Morgan fingerprint density at radius 2 is 1.56 bits per heavy atom. The molecular weight excluding hydrogens is 660 g/mol. The van der Waals surface area contributed by atoms with Crippen LogP contribution in [-0.4, -0.2) is 110 Å². The molecule has 52 heavy (non-hydrogen) atoms. The van der Waals surface area contributed by atoms with Gasteiger partial charge in [-0.3, -0.25) is 19.3 Å². The van der Waals surface area contributed by atoms with Crippen molar-refractivity contribution in [2.75, 3.05) is 51.6 Å². The molecule has 6 rings (SSSR count). The number of ether oxygens (including phenoxy) is 2. The zero-order chi connectivity index (χ0) is 37.4. The molecular formula is C39H54N8O5. The smallest absolute Gasteiger partial charge is 0.419 e. The highest BCUT2D eigenvalue weighted by atomic mass is 16.6. The van der Waals surface area contributed by atoms with Crippen LogP contribution in [0.25, 0.3) is 21.8 Å². The number of nitrogens with zero attached hydrogens (tertiary/aromatic N) is 7. The average Bonchev–Trinajstić information content (AvgIpc) is 3.75. The molecule has 2 aliphatic heterocycles. The Morgan fingerprint density at radius 3 is 2.23 bits per heavy atom. The number of anilines is 1.